The zero-order chi connectivity index (χ0) is 13.7. The second-order valence-electron chi connectivity index (χ2n) is 4.84. The minimum absolute atomic E-state index is 0. The molecule has 1 amide bonds. The van der Waals surface area contributed by atoms with Crippen LogP contribution in [0.1, 0.15) is 12.0 Å². The predicted molar refractivity (Wildman–Crippen MR) is 86.0 cm³/mol. The molecule has 4 nitrogen and oxygen atoms in total. The monoisotopic (exact) mass is 317 g/mol. The van der Waals surface area contributed by atoms with Gasteiger partial charge in [0.1, 0.15) is 0 Å². The van der Waals surface area contributed by atoms with E-state index in [9.17, 15) is 4.79 Å². The average Bonchev–Trinajstić information content (AvgIpc) is 2.63. The molecule has 1 saturated heterocycles. The molecule has 1 aliphatic heterocycles. The zero-order valence-electron chi connectivity index (χ0n) is 11.6. The Morgan fingerprint density at radius 1 is 1.40 bits per heavy atom. The molecule has 1 fully saturated rings. The fraction of sp³-hybridized carbons (Fsp3) is 0.500. The molecule has 2 rings (SSSR count). The number of carbonyl (C=O) groups is 1. The smallest absolute Gasteiger partial charge is 0.238 e. The Bertz CT molecular complexity index is 446. The van der Waals surface area contributed by atoms with Crippen molar-refractivity contribution >= 4 is 35.6 Å². The summed E-state index contributed by atoms with van der Waals surface area (Å²) >= 11 is 6.04. The van der Waals surface area contributed by atoms with Crippen LogP contribution in [-0.2, 0) is 4.79 Å². The summed E-state index contributed by atoms with van der Waals surface area (Å²) in [6, 6.07) is 5.55. The molecule has 20 heavy (non-hydrogen) atoms. The van der Waals surface area contributed by atoms with Gasteiger partial charge in [0.2, 0.25) is 5.91 Å². The topological polar surface area (TPSA) is 44.4 Å². The minimum Gasteiger partial charge on any atom is -0.325 e. The summed E-state index contributed by atoms with van der Waals surface area (Å²) in [6.45, 7) is 6.22. The van der Waals surface area contributed by atoms with E-state index in [2.05, 4.69) is 15.5 Å². The van der Waals surface area contributed by atoms with Crippen molar-refractivity contribution in [2.75, 3.05) is 38.0 Å². The molecule has 0 unspecified atom stereocenters. The van der Waals surface area contributed by atoms with Gasteiger partial charge in [-0.15, -0.1) is 12.4 Å². The Kier molecular flexibility index (Phi) is 7.30. The van der Waals surface area contributed by atoms with Crippen molar-refractivity contribution < 1.29 is 4.79 Å². The molecule has 1 aromatic carbocycles. The van der Waals surface area contributed by atoms with Gasteiger partial charge in [-0.05, 0) is 44.1 Å². The summed E-state index contributed by atoms with van der Waals surface area (Å²) in [5.74, 6) is 0.0206. The Morgan fingerprint density at radius 2 is 2.20 bits per heavy atom. The Morgan fingerprint density at radius 3 is 3.00 bits per heavy atom. The molecule has 1 aliphatic rings. The highest BCUT2D eigenvalue weighted by atomic mass is 35.5. The third-order valence-corrected chi connectivity index (χ3v) is 3.75. The summed E-state index contributed by atoms with van der Waals surface area (Å²) < 4.78 is 0. The SMILES string of the molecule is Cc1c(Cl)cccc1NC(=O)CN1CCCNCC1.Cl. The third kappa shape index (κ3) is 4.94. The molecule has 0 spiro atoms. The summed E-state index contributed by atoms with van der Waals surface area (Å²) in [4.78, 5) is 14.2. The maximum absolute atomic E-state index is 12.0. The van der Waals surface area contributed by atoms with Crippen LogP contribution in [0.4, 0.5) is 5.69 Å². The van der Waals surface area contributed by atoms with E-state index in [0.29, 0.717) is 11.6 Å². The molecule has 0 radical (unpaired) electrons. The molecule has 0 bridgehead atoms. The molecule has 6 heteroatoms. The molecule has 0 atom stereocenters. The summed E-state index contributed by atoms with van der Waals surface area (Å²) in [5.41, 5.74) is 1.71. The Hall–Kier alpha value is -0.810. The molecule has 0 aliphatic carbocycles. The molecule has 1 aromatic rings. The van der Waals surface area contributed by atoms with Gasteiger partial charge in [-0.3, -0.25) is 9.69 Å². The summed E-state index contributed by atoms with van der Waals surface area (Å²) in [7, 11) is 0. The number of rotatable bonds is 3. The number of amides is 1. The van der Waals surface area contributed by atoms with Gasteiger partial charge in [0.15, 0.2) is 0 Å². The second kappa shape index (κ2) is 8.47. The number of benzene rings is 1. The lowest BCUT2D eigenvalue weighted by Crippen LogP contribution is -2.35. The van der Waals surface area contributed by atoms with Gasteiger partial charge in [-0.25, -0.2) is 0 Å². The van der Waals surface area contributed by atoms with Crippen LogP contribution in [-0.4, -0.2) is 43.5 Å². The highest BCUT2D eigenvalue weighted by Crippen LogP contribution is 2.22. The van der Waals surface area contributed by atoms with E-state index in [-0.39, 0.29) is 18.3 Å². The van der Waals surface area contributed by atoms with E-state index in [4.69, 9.17) is 11.6 Å². The maximum Gasteiger partial charge on any atom is 0.238 e. The van der Waals surface area contributed by atoms with Crippen molar-refractivity contribution in [2.45, 2.75) is 13.3 Å². The Labute approximate surface area is 131 Å². The van der Waals surface area contributed by atoms with Crippen molar-refractivity contribution in [3.8, 4) is 0 Å². The lowest BCUT2D eigenvalue weighted by molar-refractivity contribution is -0.117. The van der Waals surface area contributed by atoms with E-state index in [1.807, 2.05) is 25.1 Å². The predicted octanol–water partition coefficient (Wildman–Crippen LogP) is 2.30. The number of hydrogen-bond acceptors (Lipinski definition) is 3. The first-order valence-corrected chi connectivity index (χ1v) is 7.02. The number of anilines is 1. The number of halogens is 2. The molecule has 0 saturated carbocycles. The number of nitrogens with one attached hydrogen (secondary N) is 2. The summed E-state index contributed by atoms with van der Waals surface area (Å²) in [6.07, 6.45) is 1.09. The minimum atomic E-state index is 0. The van der Waals surface area contributed by atoms with Crippen molar-refractivity contribution in [3.63, 3.8) is 0 Å². The van der Waals surface area contributed by atoms with Gasteiger partial charge in [-0.1, -0.05) is 17.7 Å². The first-order chi connectivity index (χ1) is 9.16. The van der Waals surface area contributed by atoms with Gasteiger partial charge in [0.25, 0.3) is 0 Å². The fourth-order valence-corrected chi connectivity index (χ4v) is 2.37. The average molecular weight is 318 g/mol. The molecule has 0 aromatic heterocycles. The van der Waals surface area contributed by atoms with Crippen LogP contribution in [0, 0.1) is 6.92 Å². The van der Waals surface area contributed by atoms with Crippen LogP contribution < -0.4 is 10.6 Å². The van der Waals surface area contributed by atoms with E-state index in [1.165, 1.54) is 0 Å². The van der Waals surface area contributed by atoms with Crippen molar-refractivity contribution in [3.05, 3.63) is 28.8 Å². The number of nitrogens with zero attached hydrogens (tertiary/aromatic N) is 1. The molecule has 1 heterocycles. The molecule has 2 N–H and O–H groups in total. The standard InChI is InChI=1S/C14H20ClN3O.ClH/c1-11-12(15)4-2-5-13(11)17-14(19)10-18-8-3-6-16-7-9-18;/h2,4-5,16H,3,6-10H2,1H3,(H,17,19);1H. The van der Waals surface area contributed by atoms with Crippen LogP contribution in [0.3, 0.4) is 0 Å². The number of carbonyl (C=O) groups excluding carboxylic acids is 1. The van der Waals surface area contributed by atoms with Crippen LogP contribution in [0.15, 0.2) is 18.2 Å². The largest absolute Gasteiger partial charge is 0.325 e. The van der Waals surface area contributed by atoms with Gasteiger partial charge in [0.05, 0.1) is 6.54 Å². The van der Waals surface area contributed by atoms with E-state index < -0.39 is 0 Å². The molecular weight excluding hydrogens is 297 g/mol. The second-order valence-corrected chi connectivity index (χ2v) is 5.25. The summed E-state index contributed by atoms with van der Waals surface area (Å²) in [5, 5.41) is 6.94. The highest BCUT2D eigenvalue weighted by Gasteiger charge is 2.13. The van der Waals surface area contributed by atoms with Crippen LogP contribution >= 0.6 is 24.0 Å². The molecular formula is C14H21Cl2N3O. The highest BCUT2D eigenvalue weighted by molar-refractivity contribution is 6.31. The van der Waals surface area contributed by atoms with E-state index in [0.717, 1.165) is 43.9 Å². The van der Waals surface area contributed by atoms with Crippen LogP contribution in [0.2, 0.25) is 5.02 Å². The molecule has 112 valence electrons. The van der Waals surface area contributed by atoms with Gasteiger partial charge in [0, 0.05) is 23.8 Å². The zero-order valence-corrected chi connectivity index (χ0v) is 13.2. The third-order valence-electron chi connectivity index (χ3n) is 3.34. The van der Waals surface area contributed by atoms with Gasteiger partial charge >= 0.3 is 0 Å². The van der Waals surface area contributed by atoms with Gasteiger partial charge in [-0.2, -0.15) is 0 Å². The van der Waals surface area contributed by atoms with Crippen molar-refractivity contribution in [2.24, 2.45) is 0 Å². The lowest BCUT2D eigenvalue weighted by Gasteiger charge is -2.19. The first kappa shape index (κ1) is 17.2. The lowest BCUT2D eigenvalue weighted by atomic mass is 10.2. The maximum atomic E-state index is 12.0. The van der Waals surface area contributed by atoms with E-state index >= 15 is 0 Å². The van der Waals surface area contributed by atoms with Crippen molar-refractivity contribution in [1.29, 1.82) is 0 Å². The van der Waals surface area contributed by atoms with Crippen LogP contribution in [0.25, 0.3) is 0 Å². The van der Waals surface area contributed by atoms with E-state index in [1.54, 1.807) is 0 Å². The van der Waals surface area contributed by atoms with Crippen molar-refractivity contribution in [1.82, 2.24) is 10.2 Å². The fourth-order valence-electron chi connectivity index (χ4n) is 2.20. The number of hydrogen-bond donors (Lipinski definition) is 2. The quantitative estimate of drug-likeness (QED) is 0.899. The van der Waals surface area contributed by atoms with Crippen LogP contribution in [0.5, 0.6) is 0 Å². The Balaban J connectivity index is 0.00000200. The normalized spacial score (nSPS) is 16.1. The first-order valence-electron chi connectivity index (χ1n) is 6.65. The van der Waals surface area contributed by atoms with Gasteiger partial charge < -0.3 is 10.6 Å².